The van der Waals surface area contributed by atoms with Gasteiger partial charge in [-0.05, 0) is 6.42 Å². The Kier molecular flexibility index (Phi) is 7.29. The maximum absolute atomic E-state index is 10.8. The predicted octanol–water partition coefficient (Wildman–Crippen LogP) is -2.92. The van der Waals surface area contributed by atoms with Gasteiger partial charge >= 0.3 is 29.6 Å². The molecule has 0 spiro atoms. The average molecular weight is 231 g/mol. The van der Waals surface area contributed by atoms with Crippen LogP contribution in [0.2, 0.25) is 0 Å². The fourth-order valence-corrected chi connectivity index (χ4v) is 1.26. The third-order valence-corrected chi connectivity index (χ3v) is 2.08. The minimum atomic E-state index is -1.29. The number of carbonyl (C=O) groups is 1. The van der Waals surface area contributed by atoms with Gasteiger partial charge < -0.3 is 14.8 Å². The maximum atomic E-state index is 10.8. The van der Waals surface area contributed by atoms with Crippen LogP contribution in [0.15, 0.2) is 12.4 Å². The van der Waals surface area contributed by atoms with Crippen molar-refractivity contribution in [2.75, 3.05) is 18.5 Å². The molecule has 16 heavy (non-hydrogen) atoms. The molecule has 0 unspecified atom stereocenters. The Hall–Kier alpha value is -0.650. The van der Waals surface area contributed by atoms with E-state index < -0.39 is 5.97 Å². The van der Waals surface area contributed by atoms with Gasteiger partial charge in [0.05, 0.1) is 5.97 Å². The van der Waals surface area contributed by atoms with E-state index in [2.05, 4.69) is 16.9 Å². The molecular weight excluding hydrogens is 217 g/mol. The van der Waals surface area contributed by atoms with E-state index in [0.29, 0.717) is 5.82 Å². The van der Waals surface area contributed by atoms with Crippen LogP contribution < -0.4 is 39.6 Å². The largest absolute Gasteiger partial charge is 1.00 e. The van der Waals surface area contributed by atoms with Crippen molar-refractivity contribution in [3.63, 3.8) is 0 Å². The van der Waals surface area contributed by atoms with E-state index in [1.165, 1.54) is 12.4 Å². The van der Waals surface area contributed by atoms with Gasteiger partial charge in [-0.3, -0.25) is 0 Å². The summed E-state index contributed by atoms with van der Waals surface area (Å²) in [5, 5.41) is 10.8. The molecule has 0 N–H and O–H groups in total. The van der Waals surface area contributed by atoms with E-state index >= 15 is 0 Å². The summed E-state index contributed by atoms with van der Waals surface area (Å²) in [5.41, 5.74) is -0.101. The van der Waals surface area contributed by atoms with Crippen molar-refractivity contribution in [3.8, 4) is 0 Å². The second-order valence-electron chi connectivity index (χ2n) is 3.29. The van der Waals surface area contributed by atoms with Crippen molar-refractivity contribution in [1.29, 1.82) is 0 Å². The first-order chi connectivity index (χ1) is 7.16. The molecular formula is C10H14N3NaO2. The summed E-state index contributed by atoms with van der Waals surface area (Å²) in [4.78, 5) is 20.3. The van der Waals surface area contributed by atoms with Crippen LogP contribution in [-0.4, -0.2) is 29.5 Å². The third-order valence-electron chi connectivity index (χ3n) is 2.08. The molecule has 82 valence electrons. The summed E-state index contributed by atoms with van der Waals surface area (Å²) in [6.07, 6.45) is 4.86. The van der Waals surface area contributed by atoms with Crippen molar-refractivity contribution in [3.05, 3.63) is 18.1 Å². The minimum Gasteiger partial charge on any atom is -0.543 e. The summed E-state index contributed by atoms with van der Waals surface area (Å²) in [7, 11) is 1.80. The van der Waals surface area contributed by atoms with Gasteiger partial charge in [-0.25, -0.2) is 9.97 Å². The molecule has 0 aliphatic carbocycles. The van der Waals surface area contributed by atoms with Gasteiger partial charge in [-0.1, -0.05) is 13.3 Å². The molecule has 0 atom stereocenters. The first-order valence-corrected chi connectivity index (χ1v) is 4.90. The Morgan fingerprint density at radius 2 is 2.06 bits per heavy atom. The molecule has 1 heterocycles. The zero-order valence-corrected chi connectivity index (χ0v) is 11.9. The van der Waals surface area contributed by atoms with Crippen molar-refractivity contribution < 1.29 is 39.5 Å². The molecule has 0 aromatic carbocycles. The van der Waals surface area contributed by atoms with Crippen molar-refractivity contribution >= 4 is 11.8 Å². The molecule has 0 bridgehead atoms. The van der Waals surface area contributed by atoms with Gasteiger partial charge in [0, 0.05) is 26.0 Å². The zero-order valence-electron chi connectivity index (χ0n) is 9.93. The number of unbranched alkanes of at least 4 members (excludes halogenated alkanes) is 1. The molecule has 6 heteroatoms. The van der Waals surface area contributed by atoms with Crippen molar-refractivity contribution in [2.24, 2.45) is 0 Å². The van der Waals surface area contributed by atoms with Gasteiger partial charge in [-0.2, -0.15) is 0 Å². The summed E-state index contributed by atoms with van der Waals surface area (Å²) >= 11 is 0. The predicted molar refractivity (Wildman–Crippen MR) is 54.5 cm³/mol. The number of anilines is 1. The molecule has 0 radical (unpaired) electrons. The van der Waals surface area contributed by atoms with E-state index in [1.807, 2.05) is 0 Å². The SMILES string of the molecule is CCCCN(C)c1nccnc1C(=O)[O-].[Na+]. The third kappa shape index (κ3) is 4.08. The molecule has 5 nitrogen and oxygen atoms in total. The van der Waals surface area contributed by atoms with Crippen LogP contribution >= 0.6 is 0 Å². The molecule has 1 aromatic rings. The molecule has 0 amide bonds. The molecule has 0 aliphatic rings. The van der Waals surface area contributed by atoms with Crippen LogP contribution in [-0.2, 0) is 0 Å². The fraction of sp³-hybridized carbons (Fsp3) is 0.500. The maximum Gasteiger partial charge on any atom is 1.00 e. The fourth-order valence-electron chi connectivity index (χ4n) is 1.26. The number of carbonyl (C=O) groups excluding carboxylic acids is 1. The van der Waals surface area contributed by atoms with Crippen LogP contribution in [0.1, 0.15) is 30.3 Å². The second-order valence-corrected chi connectivity index (χ2v) is 3.29. The minimum absolute atomic E-state index is 0. The summed E-state index contributed by atoms with van der Waals surface area (Å²) in [6.45, 7) is 2.83. The smallest absolute Gasteiger partial charge is 0.543 e. The van der Waals surface area contributed by atoms with Crippen LogP contribution in [0.5, 0.6) is 0 Å². The summed E-state index contributed by atoms with van der Waals surface area (Å²) < 4.78 is 0. The Bertz CT molecular complexity index is 347. The first-order valence-electron chi connectivity index (χ1n) is 4.90. The van der Waals surface area contributed by atoms with Crippen LogP contribution in [0.3, 0.4) is 0 Å². The standard InChI is InChI=1S/C10H15N3O2.Na/c1-3-4-7-13(2)9-8(10(14)15)11-5-6-12-9;/h5-6H,3-4,7H2,1-2H3,(H,14,15);/q;+1/p-1. The number of hydrogen-bond donors (Lipinski definition) is 0. The van der Waals surface area contributed by atoms with Gasteiger partial charge in [-0.15, -0.1) is 0 Å². The topological polar surface area (TPSA) is 69.2 Å². The monoisotopic (exact) mass is 231 g/mol. The van der Waals surface area contributed by atoms with Crippen LogP contribution in [0, 0.1) is 0 Å². The quantitative estimate of drug-likeness (QED) is 0.508. The molecule has 0 saturated carbocycles. The number of nitrogens with zero attached hydrogens (tertiary/aromatic N) is 3. The Morgan fingerprint density at radius 1 is 1.44 bits per heavy atom. The number of hydrogen-bond acceptors (Lipinski definition) is 5. The van der Waals surface area contributed by atoms with Gasteiger partial charge in [0.15, 0.2) is 5.82 Å². The van der Waals surface area contributed by atoms with Crippen LogP contribution in [0.4, 0.5) is 5.82 Å². The zero-order chi connectivity index (χ0) is 11.3. The number of rotatable bonds is 5. The molecule has 0 saturated heterocycles. The van der Waals surface area contributed by atoms with Gasteiger partial charge in [0.1, 0.15) is 5.69 Å². The molecule has 1 aromatic heterocycles. The van der Waals surface area contributed by atoms with Crippen LogP contribution in [0.25, 0.3) is 0 Å². The van der Waals surface area contributed by atoms with E-state index in [9.17, 15) is 9.90 Å². The van der Waals surface area contributed by atoms with Gasteiger partial charge in [0.25, 0.3) is 0 Å². The first kappa shape index (κ1) is 15.3. The second kappa shape index (κ2) is 7.60. The van der Waals surface area contributed by atoms with E-state index in [1.54, 1.807) is 11.9 Å². The number of carboxylic acid groups (broad SMARTS) is 1. The molecule has 0 fully saturated rings. The van der Waals surface area contributed by atoms with E-state index in [0.717, 1.165) is 19.4 Å². The van der Waals surface area contributed by atoms with E-state index in [4.69, 9.17) is 0 Å². The van der Waals surface area contributed by atoms with Gasteiger partial charge in [0.2, 0.25) is 0 Å². The average Bonchev–Trinajstić information content (AvgIpc) is 2.25. The van der Waals surface area contributed by atoms with Crippen molar-refractivity contribution in [1.82, 2.24) is 9.97 Å². The Morgan fingerprint density at radius 3 is 2.62 bits per heavy atom. The van der Waals surface area contributed by atoms with E-state index in [-0.39, 0.29) is 35.3 Å². The van der Waals surface area contributed by atoms with Crippen molar-refractivity contribution in [2.45, 2.75) is 19.8 Å². The molecule has 0 aliphatic heterocycles. The Labute approximate surface area is 117 Å². The summed E-state index contributed by atoms with van der Waals surface area (Å²) in [5.74, 6) is -0.924. The number of aromatic carboxylic acids is 1. The number of carboxylic acids is 1. The Balaban J connectivity index is 0.00000225. The normalized spacial score (nSPS) is 9.38. The number of aromatic nitrogens is 2. The summed E-state index contributed by atoms with van der Waals surface area (Å²) in [6, 6.07) is 0. The molecule has 1 rings (SSSR count).